The van der Waals surface area contributed by atoms with Crippen LogP contribution in [0.15, 0.2) is 42.5 Å². The van der Waals surface area contributed by atoms with Crippen LogP contribution in [0.4, 0.5) is 4.39 Å². The molecule has 2 amide bonds. The third-order valence-corrected chi connectivity index (χ3v) is 5.39. The molecule has 192 valence electrons. The van der Waals surface area contributed by atoms with Crippen molar-refractivity contribution in [3.8, 4) is 22.9 Å². The van der Waals surface area contributed by atoms with Crippen LogP contribution in [0, 0.1) is 11.7 Å². The molecule has 0 aliphatic rings. The normalized spacial score (nSPS) is 10.8. The lowest BCUT2D eigenvalue weighted by molar-refractivity contribution is -0.137. The van der Waals surface area contributed by atoms with Crippen molar-refractivity contribution < 1.29 is 23.5 Å². The van der Waals surface area contributed by atoms with Crippen LogP contribution in [0.2, 0.25) is 0 Å². The summed E-state index contributed by atoms with van der Waals surface area (Å²) in [4.78, 5) is 28.2. The average molecular weight is 499 g/mol. The number of nitrogens with one attached hydrogen (secondary N) is 1. The molecule has 0 fully saturated rings. The molecule has 0 saturated heterocycles. The molecule has 36 heavy (non-hydrogen) atoms. The molecule has 0 spiro atoms. The number of ether oxygens (including phenoxy) is 2. The maximum absolute atomic E-state index is 13.3. The van der Waals surface area contributed by atoms with Gasteiger partial charge in [0.2, 0.25) is 17.6 Å². The Hall–Kier alpha value is -4.02. The molecule has 0 aliphatic heterocycles. The number of methoxy groups -OCH3 is 2. The van der Waals surface area contributed by atoms with Crippen LogP contribution in [0.25, 0.3) is 11.4 Å². The Morgan fingerprint density at radius 2 is 1.81 bits per heavy atom. The first kappa shape index (κ1) is 26.6. The van der Waals surface area contributed by atoms with Gasteiger partial charge >= 0.3 is 0 Å². The van der Waals surface area contributed by atoms with Gasteiger partial charge in [0, 0.05) is 18.7 Å². The minimum atomic E-state index is -0.380. The van der Waals surface area contributed by atoms with Crippen molar-refractivity contribution in [2.75, 3.05) is 27.3 Å². The van der Waals surface area contributed by atoms with Gasteiger partial charge in [-0.3, -0.25) is 9.59 Å². The van der Waals surface area contributed by atoms with Crippen LogP contribution in [-0.2, 0) is 22.7 Å². The van der Waals surface area contributed by atoms with E-state index in [2.05, 4.69) is 34.6 Å². The van der Waals surface area contributed by atoms with Crippen molar-refractivity contribution in [1.82, 2.24) is 30.4 Å². The standard InChI is InChI=1S/C25H31FN6O4/c1-17(2)11-12-27-23(33)15-31(14-18-5-8-20(26)9-6-18)24(34)16-32-29-25(28-30-32)19-7-10-21(35-3)22(13-19)36-4/h5-10,13,17H,11-12,14-16H2,1-4H3,(H,27,33). The monoisotopic (exact) mass is 498 g/mol. The maximum atomic E-state index is 13.3. The predicted octanol–water partition coefficient (Wildman–Crippen LogP) is 2.69. The van der Waals surface area contributed by atoms with Crippen LogP contribution < -0.4 is 14.8 Å². The van der Waals surface area contributed by atoms with Gasteiger partial charge in [-0.2, -0.15) is 4.80 Å². The van der Waals surface area contributed by atoms with Crippen LogP contribution in [0.5, 0.6) is 11.5 Å². The number of nitrogens with zero attached hydrogens (tertiary/aromatic N) is 5. The van der Waals surface area contributed by atoms with Gasteiger partial charge in [0.25, 0.3) is 0 Å². The van der Waals surface area contributed by atoms with Crippen molar-refractivity contribution in [2.24, 2.45) is 5.92 Å². The molecular formula is C25H31FN6O4. The molecule has 10 nitrogen and oxygen atoms in total. The van der Waals surface area contributed by atoms with E-state index in [1.807, 2.05) is 0 Å². The van der Waals surface area contributed by atoms with Crippen molar-refractivity contribution in [3.05, 3.63) is 53.8 Å². The Kier molecular flexibility index (Phi) is 9.32. The second-order valence-corrected chi connectivity index (χ2v) is 8.62. The van der Waals surface area contributed by atoms with E-state index >= 15 is 0 Å². The first-order chi connectivity index (χ1) is 17.3. The van der Waals surface area contributed by atoms with Gasteiger partial charge < -0.3 is 19.7 Å². The Morgan fingerprint density at radius 1 is 1.08 bits per heavy atom. The summed E-state index contributed by atoms with van der Waals surface area (Å²) in [6.07, 6.45) is 0.833. The summed E-state index contributed by atoms with van der Waals surface area (Å²) < 4.78 is 23.9. The van der Waals surface area contributed by atoms with E-state index in [9.17, 15) is 14.0 Å². The predicted molar refractivity (Wildman–Crippen MR) is 131 cm³/mol. The molecule has 3 rings (SSSR count). The lowest BCUT2D eigenvalue weighted by atomic mass is 10.1. The van der Waals surface area contributed by atoms with Gasteiger partial charge in [-0.1, -0.05) is 26.0 Å². The molecule has 1 N–H and O–H groups in total. The van der Waals surface area contributed by atoms with E-state index in [4.69, 9.17) is 9.47 Å². The Bertz CT molecular complexity index is 1170. The molecule has 2 aromatic carbocycles. The van der Waals surface area contributed by atoms with Crippen LogP contribution >= 0.6 is 0 Å². The minimum absolute atomic E-state index is 0.133. The van der Waals surface area contributed by atoms with Gasteiger partial charge in [0.15, 0.2) is 11.5 Å². The minimum Gasteiger partial charge on any atom is -0.493 e. The number of hydrogen-bond acceptors (Lipinski definition) is 7. The smallest absolute Gasteiger partial charge is 0.247 e. The first-order valence-electron chi connectivity index (χ1n) is 11.6. The molecule has 0 atom stereocenters. The van der Waals surface area contributed by atoms with Crippen molar-refractivity contribution in [3.63, 3.8) is 0 Å². The largest absolute Gasteiger partial charge is 0.493 e. The molecule has 0 radical (unpaired) electrons. The van der Waals surface area contributed by atoms with Gasteiger partial charge in [-0.05, 0) is 53.4 Å². The van der Waals surface area contributed by atoms with E-state index < -0.39 is 0 Å². The van der Waals surface area contributed by atoms with E-state index in [0.717, 1.165) is 6.42 Å². The average Bonchev–Trinajstić information content (AvgIpc) is 3.32. The highest BCUT2D eigenvalue weighted by Crippen LogP contribution is 2.30. The highest BCUT2D eigenvalue weighted by molar-refractivity contribution is 5.84. The van der Waals surface area contributed by atoms with Gasteiger partial charge in [-0.15, -0.1) is 10.2 Å². The van der Waals surface area contributed by atoms with E-state index in [1.54, 1.807) is 37.4 Å². The van der Waals surface area contributed by atoms with Gasteiger partial charge in [0.1, 0.15) is 12.4 Å². The van der Waals surface area contributed by atoms with Crippen molar-refractivity contribution >= 4 is 11.8 Å². The lowest BCUT2D eigenvalue weighted by Crippen LogP contribution is -2.42. The Balaban J connectivity index is 1.72. The third kappa shape index (κ3) is 7.49. The molecule has 11 heteroatoms. The number of tetrazole rings is 1. The number of hydrogen-bond donors (Lipinski definition) is 1. The zero-order valence-corrected chi connectivity index (χ0v) is 20.9. The lowest BCUT2D eigenvalue weighted by Gasteiger charge is -2.22. The summed E-state index contributed by atoms with van der Waals surface area (Å²) in [5.74, 6) is 0.792. The number of amides is 2. The molecule has 1 heterocycles. The zero-order valence-electron chi connectivity index (χ0n) is 20.9. The fourth-order valence-corrected chi connectivity index (χ4v) is 3.39. The molecule has 0 saturated carbocycles. The number of halogens is 1. The third-order valence-electron chi connectivity index (χ3n) is 5.39. The fraction of sp³-hybridized carbons (Fsp3) is 0.400. The van der Waals surface area contributed by atoms with Gasteiger partial charge in [0.05, 0.1) is 20.8 Å². The summed E-state index contributed by atoms with van der Waals surface area (Å²) in [6, 6.07) is 11.0. The van der Waals surface area contributed by atoms with E-state index in [-0.39, 0.29) is 37.3 Å². The number of carbonyl (C=O) groups excluding carboxylic acids is 2. The highest BCUT2D eigenvalue weighted by atomic mass is 19.1. The molecule has 0 unspecified atom stereocenters. The SMILES string of the molecule is COc1ccc(-c2nnn(CC(=O)N(CC(=O)NCCC(C)C)Cc3ccc(F)cc3)n2)cc1OC. The number of aromatic nitrogens is 4. The molecule has 3 aromatic rings. The van der Waals surface area contributed by atoms with Crippen LogP contribution in [0.1, 0.15) is 25.8 Å². The number of carbonyl (C=O) groups is 2. The highest BCUT2D eigenvalue weighted by Gasteiger charge is 2.20. The summed E-state index contributed by atoms with van der Waals surface area (Å²) in [5.41, 5.74) is 1.33. The topological polar surface area (TPSA) is 111 Å². The van der Waals surface area contributed by atoms with E-state index in [1.165, 1.54) is 28.9 Å². The molecule has 0 bridgehead atoms. The maximum Gasteiger partial charge on any atom is 0.247 e. The fourth-order valence-electron chi connectivity index (χ4n) is 3.39. The van der Waals surface area contributed by atoms with E-state index in [0.29, 0.717) is 40.9 Å². The summed E-state index contributed by atoms with van der Waals surface area (Å²) >= 11 is 0. The quantitative estimate of drug-likeness (QED) is 0.409. The van der Waals surface area contributed by atoms with Gasteiger partial charge in [-0.25, -0.2) is 4.39 Å². The Morgan fingerprint density at radius 3 is 2.47 bits per heavy atom. The summed E-state index contributed by atoms with van der Waals surface area (Å²) in [5, 5.41) is 15.2. The summed E-state index contributed by atoms with van der Waals surface area (Å²) in [6.45, 7) is 4.42. The van der Waals surface area contributed by atoms with Crippen LogP contribution in [-0.4, -0.2) is 64.2 Å². The molecular weight excluding hydrogens is 467 g/mol. The molecule has 0 aliphatic carbocycles. The van der Waals surface area contributed by atoms with Crippen molar-refractivity contribution in [2.45, 2.75) is 33.4 Å². The van der Waals surface area contributed by atoms with Crippen molar-refractivity contribution in [1.29, 1.82) is 0 Å². The number of benzene rings is 2. The Labute approximate surface area is 209 Å². The molecule has 1 aromatic heterocycles. The second kappa shape index (κ2) is 12.6. The second-order valence-electron chi connectivity index (χ2n) is 8.62. The zero-order chi connectivity index (χ0) is 26.1. The first-order valence-corrected chi connectivity index (χ1v) is 11.6. The summed E-state index contributed by atoms with van der Waals surface area (Å²) in [7, 11) is 3.07. The number of rotatable bonds is 12. The van der Waals surface area contributed by atoms with Crippen LogP contribution in [0.3, 0.4) is 0 Å².